The Hall–Kier alpha value is -0.860. The second-order valence-electron chi connectivity index (χ2n) is 6.78. The molecule has 0 spiro atoms. The number of rotatable bonds is 3. The first kappa shape index (κ1) is 14.1. The second-order valence-corrected chi connectivity index (χ2v) is 6.78. The third-order valence-corrected chi connectivity index (χ3v) is 5.08. The molecule has 0 aromatic heterocycles. The van der Waals surface area contributed by atoms with Crippen molar-refractivity contribution < 1.29 is 0 Å². The van der Waals surface area contributed by atoms with Gasteiger partial charge in [-0.05, 0) is 70.2 Å². The molecule has 110 valence electrons. The van der Waals surface area contributed by atoms with Crippen LogP contribution in [0.1, 0.15) is 44.2 Å². The lowest BCUT2D eigenvalue weighted by Crippen LogP contribution is -2.49. The number of nitrogens with zero attached hydrogens (tertiary/aromatic N) is 1. The van der Waals surface area contributed by atoms with Crippen LogP contribution in [0.5, 0.6) is 0 Å². The molecule has 1 unspecified atom stereocenters. The predicted molar refractivity (Wildman–Crippen MR) is 85.1 cm³/mol. The highest BCUT2D eigenvalue weighted by Crippen LogP contribution is 2.22. The molecule has 0 saturated carbocycles. The minimum atomic E-state index is 0.695. The summed E-state index contributed by atoms with van der Waals surface area (Å²) in [5.74, 6) is 0. The van der Waals surface area contributed by atoms with Crippen LogP contribution in [0.3, 0.4) is 0 Å². The summed E-state index contributed by atoms with van der Waals surface area (Å²) in [5.41, 5.74) is 3.14. The molecule has 1 aromatic carbocycles. The Morgan fingerprint density at radius 3 is 2.40 bits per heavy atom. The average molecular weight is 272 g/mol. The Bertz CT molecular complexity index is 433. The summed E-state index contributed by atoms with van der Waals surface area (Å²) in [6, 6.07) is 11.1. The minimum Gasteiger partial charge on any atom is -0.311 e. The fraction of sp³-hybridized carbons (Fsp3) is 0.667. The highest BCUT2D eigenvalue weighted by molar-refractivity contribution is 5.30. The van der Waals surface area contributed by atoms with Crippen molar-refractivity contribution in [3.05, 3.63) is 35.4 Å². The number of nitrogens with one attached hydrogen (secondary N) is 1. The lowest BCUT2D eigenvalue weighted by molar-refractivity contribution is 0.155. The zero-order chi connectivity index (χ0) is 13.9. The monoisotopic (exact) mass is 272 g/mol. The second kappa shape index (κ2) is 6.28. The summed E-state index contributed by atoms with van der Waals surface area (Å²) >= 11 is 0. The molecule has 20 heavy (non-hydrogen) atoms. The molecule has 1 aliphatic heterocycles. The molecule has 1 atom stereocenters. The van der Waals surface area contributed by atoms with Crippen molar-refractivity contribution in [2.45, 2.75) is 64.1 Å². The maximum absolute atomic E-state index is 3.93. The SMILES string of the molecule is CC(C)N1CCC(NC2CCc3ccccc3C2)CC1. The third-order valence-electron chi connectivity index (χ3n) is 5.08. The maximum atomic E-state index is 3.93. The van der Waals surface area contributed by atoms with Gasteiger partial charge in [0.05, 0.1) is 0 Å². The molecule has 2 nitrogen and oxygen atoms in total. The van der Waals surface area contributed by atoms with Gasteiger partial charge in [0.25, 0.3) is 0 Å². The summed E-state index contributed by atoms with van der Waals surface area (Å²) in [7, 11) is 0. The van der Waals surface area contributed by atoms with E-state index in [1.54, 1.807) is 11.1 Å². The molecular formula is C18H28N2. The maximum Gasteiger partial charge on any atom is 0.0113 e. The lowest BCUT2D eigenvalue weighted by atomic mass is 9.87. The first-order chi connectivity index (χ1) is 9.72. The summed E-state index contributed by atoms with van der Waals surface area (Å²) in [6.07, 6.45) is 6.41. The molecule has 0 radical (unpaired) electrons. The van der Waals surface area contributed by atoms with E-state index in [2.05, 4.69) is 48.3 Å². The first-order valence-electron chi connectivity index (χ1n) is 8.29. The van der Waals surface area contributed by atoms with Crippen molar-refractivity contribution in [1.82, 2.24) is 10.2 Å². The van der Waals surface area contributed by atoms with Crippen molar-refractivity contribution in [2.75, 3.05) is 13.1 Å². The van der Waals surface area contributed by atoms with Crippen molar-refractivity contribution >= 4 is 0 Å². The Morgan fingerprint density at radius 2 is 1.70 bits per heavy atom. The van der Waals surface area contributed by atoms with Gasteiger partial charge in [-0.15, -0.1) is 0 Å². The highest BCUT2D eigenvalue weighted by Gasteiger charge is 2.24. The molecule has 2 aliphatic rings. The van der Waals surface area contributed by atoms with E-state index in [0.717, 1.165) is 6.04 Å². The number of piperidine rings is 1. The lowest BCUT2D eigenvalue weighted by Gasteiger charge is -2.37. The summed E-state index contributed by atoms with van der Waals surface area (Å²) < 4.78 is 0. The van der Waals surface area contributed by atoms with Crippen LogP contribution >= 0.6 is 0 Å². The number of aryl methyl sites for hydroxylation is 1. The van der Waals surface area contributed by atoms with Gasteiger partial charge in [0.15, 0.2) is 0 Å². The smallest absolute Gasteiger partial charge is 0.0113 e. The predicted octanol–water partition coefficient (Wildman–Crippen LogP) is 3.01. The molecule has 0 amide bonds. The van der Waals surface area contributed by atoms with E-state index in [0.29, 0.717) is 12.1 Å². The largest absolute Gasteiger partial charge is 0.311 e. The van der Waals surface area contributed by atoms with Gasteiger partial charge in [0.2, 0.25) is 0 Å². The van der Waals surface area contributed by atoms with Gasteiger partial charge in [-0.2, -0.15) is 0 Å². The molecule has 1 fully saturated rings. The van der Waals surface area contributed by atoms with Crippen LogP contribution in [0.15, 0.2) is 24.3 Å². The van der Waals surface area contributed by atoms with Crippen LogP contribution in [0, 0.1) is 0 Å². The van der Waals surface area contributed by atoms with Crippen LogP contribution in [0.2, 0.25) is 0 Å². The highest BCUT2D eigenvalue weighted by atomic mass is 15.2. The van der Waals surface area contributed by atoms with Crippen LogP contribution in [-0.4, -0.2) is 36.1 Å². The summed E-state index contributed by atoms with van der Waals surface area (Å²) in [5, 5.41) is 3.93. The number of fused-ring (bicyclic) bond motifs is 1. The normalized spacial score (nSPS) is 24.9. The Balaban J connectivity index is 1.51. The van der Waals surface area contributed by atoms with E-state index in [1.807, 2.05) is 0 Å². The standard InChI is InChI=1S/C18H28N2/c1-14(2)20-11-9-17(10-12-20)19-18-8-7-15-5-3-4-6-16(15)13-18/h3-6,14,17-19H,7-13H2,1-2H3. The molecule has 1 aromatic rings. The van der Waals surface area contributed by atoms with Gasteiger partial charge in [-0.1, -0.05) is 24.3 Å². The molecule has 1 saturated heterocycles. The Kier molecular flexibility index (Phi) is 4.42. The minimum absolute atomic E-state index is 0.695. The molecule has 0 bridgehead atoms. The molecule has 1 heterocycles. The summed E-state index contributed by atoms with van der Waals surface area (Å²) in [4.78, 5) is 2.61. The zero-order valence-corrected chi connectivity index (χ0v) is 12.9. The van der Waals surface area contributed by atoms with E-state index >= 15 is 0 Å². The van der Waals surface area contributed by atoms with E-state index < -0.39 is 0 Å². The molecule has 1 N–H and O–H groups in total. The van der Waals surface area contributed by atoms with Gasteiger partial charge < -0.3 is 10.2 Å². The van der Waals surface area contributed by atoms with Crippen LogP contribution < -0.4 is 5.32 Å². The van der Waals surface area contributed by atoms with E-state index in [1.165, 1.54) is 45.2 Å². The molecular weight excluding hydrogens is 244 g/mol. The quantitative estimate of drug-likeness (QED) is 0.910. The van der Waals surface area contributed by atoms with Crippen LogP contribution in [0.4, 0.5) is 0 Å². The topological polar surface area (TPSA) is 15.3 Å². The fourth-order valence-corrected chi connectivity index (χ4v) is 3.76. The number of benzene rings is 1. The van der Waals surface area contributed by atoms with Gasteiger partial charge >= 0.3 is 0 Å². The number of likely N-dealkylation sites (tertiary alicyclic amines) is 1. The van der Waals surface area contributed by atoms with Gasteiger partial charge in [0, 0.05) is 18.1 Å². The molecule has 1 aliphatic carbocycles. The van der Waals surface area contributed by atoms with Gasteiger partial charge in [0.1, 0.15) is 0 Å². The van der Waals surface area contributed by atoms with Crippen molar-refractivity contribution in [2.24, 2.45) is 0 Å². The molecule has 2 heteroatoms. The Morgan fingerprint density at radius 1 is 1.00 bits per heavy atom. The van der Waals surface area contributed by atoms with Crippen molar-refractivity contribution in [3.8, 4) is 0 Å². The van der Waals surface area contributed by atoms with Crippen LogP contribution in [0.25, 0.3) is 0 Å². The van der Waals surface area contributed by atoms with E-state index in [-0.39, 0.29) is 0 Å². The first-order valence-corrected chi connectivity index (χ1v) is 8.29. The zero-order valence-electron chi connectivity index (χ0n) is 12.9. The fourth-order valence-electron chi connectivity index (χ4n) is 3.76. The Labute approximate surface area is 123 Å². The third kappa shape index (κ3) is 3.24. The summed E-state index contributed by atoms with van der Waals surface area (Å²) in [6.45, 7) is 7.15. The van der Waals surface area contributed by atoms with Crippen molar-refractivity contribution in [1.29, 1.82) is 0 Å². The van der Waals surface area contributed by atoms with E-state index in [4.69, 9.17) is 0 Å². The van der Waals surface area contributed by atoms with Gasteiger partial charge in [-0.25, -0.2) is 0 Å². The van der Waals surface area contributed by atoms with Gasteiger partial charge in [-0.3, -0.25) is 0 Å². The number of hydrogen-bond acceptors (Lipinski definition) is 2. The van der Waals surface area contributed by atoms with Crippen molar-refractivity contribution in [3.63, 3.8) is 0 Å². The molecule has 3 rings (SSSR count). The number of hydrogen-bond donors (Lipinski definition) is 1. The van der Waals surface area contributed by atoms with Crippen LogP contribution in [-0.2, 0) is 12.8 Å². The van der Waals surface area contributed by atoms with E-state index in [9.17, 15) is 0 Å². The average Bonchev–Trinajstić information content (AvgIpc) is 2.48.